The van der Waals surface area contributed by atoms with Gasteiger partial charge in [-0.15, -0.1) is 11.8 Å². The molecule has 3 aromatic rings. The molecule has 5 heteroatoms. The van der Waals surface area contributed by atoms with E-state index >= 15 is 0 Å². The molecule has 0 bridgehead atoms. The summed E-state index contributed by atoms with van der Waals surface area (Å²) in [6.45, 7) is 0. The quantitative estimate of drug-likeness (QED) is 0.704. The first-order chi connectivity index (χ1) is 9.80. The maximum Gasteiger partial charge on any atom is 0.188 e. The van der Waals surface area contributed by atoms with Crippen LogP contribution in [-0.2, 0) is 0 Å². The Morgan fingerprint density at radius 1 is 1.20 bits per heavy atom. The summed E-state index contributed by atoms with van der Waals surface area (Å²) >= 11 is 3.39. The summed E-state index contributed by atoms with van der Waals surface area (Å²) < 4.78 is 6.53. The highest BCUT2D eigenvalue weighted by molar-refractivity contribution is 7.98. The molecular weight excluding hydrogens is 288 g/mol. The molecule has 20 heavy (non-hydrogen) atoms. The van der Waals surface area contributed by atoms with Crippen LogP contribution in [-0.4, -0.2) is 18.3 Å². The van der Waals surface area contributed by atoms with Crippen molar-refractivity contribution in [3.05, 3.63) is 42.5 Å². The lowest BCUT2D eigenvalue weighted by Crippen LogP contribution is -1.93. The third-order valence-corrected chi connectivity index (χ3v) is 4.60. The van der Waals surface area contributed by atoms with Gasteiger partial charge in [0.2, 0.25) is 0 Å². The number of hydrogen-bond donors (Lipinski definition) is 1. The van der Waals surface area contributed by atoms with E-state index in [1.165, 1.54) is 9.60 Å². The summed E-state index contributed by atoms with van der Waals surface area (Å²) in [6.07, 6.45) is 2.08. The predicted octanol–water partition coefficient (Wildman–Crippen LogP) is 4.77. The molecule has 0 saturated carbocycles. The first-order valence-electron chi connectivity index (χ1n) is 6.15. The number of thiazole rings is 1. The zero-order valence-electron chi connectivity index (χ0n) is 11.2. The van der Waals surface area contributed by atoms with Gasteiger partial charge in [0.15, 0.2) is 5.13 Å². The zero-order chi connectivity index (χ0) is 13.9. The molecule has 0 aliphatic carbocycles. The van der Waals surface area contributed by atoms with Crippen molar-refractivity contribution in [1.82, 2.24) is 4.98 Å². The lowest BCUT2D eigenvalue weighted by atomic mass is 10.3. The smallest absolute Gasteiger partial charge is 0.188 e. The first-order valence-corrected chi connectivity index (χ1v) is 8.19. The van der Waals surface area contributed by atoms with E-state index in [-0.39, 0.29) is 0 Å². The van der Waals surface area contributed by atoms with Crippen LogP contribution >= 0.6 is 23.1 Å². The van der Waals surface area contributed by atoms with E-state index in [4.69, 9.17) is 4.74 Å². The summed E-state index contributed by atoms with van der Waals surface area (Å²) in [6, 6.07) is 14.2. The average Bonchev–Trinajstić information content (AvgIpc) is 2.89. The number of benzene rings is 2. The average molecular weight is 302 g/mol. The van der Waals surface area contributed by atoms with Crippen LogP contribution in [0.1, 0.15) is 0 Å². The van der Waals surface area contributed by atoms with Crippen molar-refractivity contribution in [3.8, 4) is 5.75 Å². The van der Waals surface area contributed by atoms with Gasteiger partial charge in [-0.25, -0.2) is 4.98 Å². The number of thioether (sulfide) groups is 1. The minimum absolute atomic E-state index is 0.816. The minimum Gasteiger partial charge on any atom is -0.495 e. The van der Waals surface area contributed by atoms with Gasteiger partial charge in [0, 0.05) is 4.90 Å². The molecule has 0 aliphatic rings. The van der Waals surface area contributed by atoms with Gasteiger partial charge >= 0.3 is 0 Å². The van der Waals surface area contributed by atoms with Crippen LogP contribution in [0.5, 0.6) is 5.75 Å². The summed E-state index contributed by atoms with van der Waals surface area (Å²) in [5.41, 5.74) is 1.95. The van der Waals surface area contributed by atoms with Gasteiger partial charge < -0.3 is 10.1 Å². The number of rotatable bonds is 4. The fourth-order valence-electron chi connectivity index (χ4n) is 1.95. The van der Waals surface area contributed by atoms with Crippen LogP contribution < -0.4 is 10.1 Å². The fraction of sp³-hybridized carbons (Fsp3) is 0.133. The first kappa shape index (κ1) is 13.3. The number of nitrogens with zero attached hydrogens (tertiary/aromatic N) is 1. The normalized spacial score (nSPS) is 10.7. The van der Waals surface area contributed by atoms with Crippen LogP contribution in [0.4, 0.5) is 10.8 Å². The van der Waals surface area contributed by atoms with E-state index in [0.717, 1.165) is 22.1 Å². The van der Waals surface area contributed by atoms with Gasteiger partial charge in [-0.3, -0.25) is 0 Å². The number of para-hydroxylation sites is 2. The van der Waals surface area contributed by atoms with Crippen molar-refractivity contribution in [2.45, 2.75) is 4.90 Å². The Balaban J connectivity index is 1.94. The second-order valence-corrected chi connectivity index (χ2v) is 6.09. The number of fused-ring (bicyclic) bond motifs is 1. The van der Waals surface area contributed by atoms with E-state index in [1.54, 1.807) is 30.2 Å². The second kappa shape index (κ2) is 5.73. The molecule has 0 fully saturated rings. The van der Waals surface area contributed by atoms with E-state index in [2.05, 4.69) is 34.8 Å². The van der Waals surface area contributed by atoms with Crippen molar-refractivity contribution in [2.75, 3.05) is 18.7 Å². The van der Waals surface area contributed by atoms with Gasteiger partial charge in [-0.1, -0.05) is 23.5 Å². The Morgan fingerprint density at radius 3 is 2.85 bits per heavy atom. The van der Waals surface area contributed by atoms with Crippen LogP contribution in [0.25, 0.3) is 10.2 Å². The van der Waals surface area contributed by atoms with E-state index < -0.39 is 0 Å². The fourth-order valence-corrected chi connectivity index (χ4v) is 3.38. The number of ether oxygens (including phenoxy) is 1. The Bertz CT molecular complexity index is 740. The summed E-state index contributed by atoms with van der Waals surface area (Å²) in [7, 11) is 1.67. The molecule has 0 saturated heterocycles. The van der Waals surface area contributed by atoms with Crippen LogP contribution in [0, 0.1) is 0 Å². The molecule has 2 aromatic carbocycles. The van der Waals surface area contributed by atoms with Gasteiger partial charge in [0.1, 0.15) is 5.75 Å². The van der Waals surface area contributed by atoms with Crippen LogP contribution in [0.3, 0.4) is 0 Å². The predicted molar refractivity (Wildman–Crippen MR) is 87.7 cm³/mol. The SMILES string of the molecule is COc1ccccc1Nc1nc2ccc(SC)cc2s1. The molecule has 0 unspecified atom stereocenters. The van der Waals surface area contributed by atoms with Crippen molar-refractivity contribution in [2.24, 2.45) is 0 Å². The highest BCUT2D eigenvalue weighted by Gasteiger charge is 2.07. The van der Waals surface area contributed by atoms with E-state index in [9.17, 15) is 0 Å². The number of anilines is 2. The number of methoxy groups -OCH3 is 1. The molecule has 0 amide bonds. The van der Waals surface area contributed by atoms with Gasteiger partial charge in [-0.05, 0) is 36.6 Å². The molecule has 1 aromatic heterocycles. The zero-order valence-corrected chi connectivity index (χ0v) is 12.8. The largest absolute Gasteiger partial charge is 0.495 e. The molecule has 3 nitrogen and oxygen atoms in total. The highest BCUT2D eigenvalue weighted by Crippen LogP contribution is 2.33. The molecule has 102 valence electrons. The van der Waals surface area contributed by atoms with Crippen molar-refractivity contribution >= 4 is 44.1 Å². The van der Waals surface area contributed by atoms with Gasteiger partial charge in [0.25, 0.3) is 0 Å². The maximum atomic E-state index is 5.34. The Labute approximate surface area is 126 Å². The lowest BCUT2D eigenvalue weighted by molar-refractivity contribution is 0.417. The summed E-state index contributed by atoms with van der Waals surface area (Å²) in [4.78, 5) is 5.86. The van der Waals surface area contributed by atoms with Crippen molar-refractivity contribution in [1.29, 1.82) is 0 Å². The molecule has 0 spiro atoms. The monoisotopic (exact) mass is 302 g/mol. The Hall–Kier alpha value is -1.72. The topological polar surface area (TPSA) is 34.1 Å². The molecule has 0 aliphatic heterocycles. The van der Waals surface area contributed by atoms with E-state index in [0.29, 0.717) is 0 Å². The summed E-state index contributed by atoms with van der Waals surface area (Å²) in [5.74, 6) is 0.816. The molecule has 3 rings (SSSR count). The molecule has 0 atom stereocenters. The number of hydrogen-bond acceptors (Lipinski definition) is 5. The highest BCUT2D eigenvalue weighted by atomic mass is 32.2. The Kier molecular flexibility index (Phi) is 3.80. The maximum absolute atomic E-state index is 5.34. The van der Waals surface area contributed by atoms with Gasteiger partial charge in [-0.2, -0.15) is 0 Å². The standard InChI is InChI=1S/C15H14N2OS2/c1-18-13-6-4-3-5-11(13)16-15-17-12-8-7-10(19-2)9-14(12)20-15/h3-9H,1-2H3,(H,16,17). The third kappa shape index (κ3) is 2.59. The minimum atomic E-state index is 0.816. The molecule has 1 N–H and O–H groups in total. The molecular formula is C15H14N2OS2. The number of nitrogens with one attached hydrogen (secondary N) is 1. The molecule has 1 heterocycles. The molecule has 0 radical (unpaired) electrons. The third-order valence-electron chi connectivity index (χ3n) is 2.94. The van der Waals surface area contributed by atoms with Crippen LogP contribution in [0.15, 0.2) is 47.4 Å². The van der Waals surface area contributed by atoms with E-state index in [1.807, 2.05) is 24.3 Å². The second-order valence-electron chi connectivity index (χ2n) is 4.18. The van der Waals surface area contributed by atoms with Crippen LogP contribution in [0.2, 0.25) is 0 Å². The van der Waals surface area contributed by atoms with Crippen molar-refractivity contribution in [3.63, 3.8) is 0 Å². The summed E-state index contributed by atoms with van der Waals surface area (Å²) in [5, 5.41) is 4.20. The lowest BCUT2D eigenvalue weighted by Gasteiger charge is -2.07. The Morgan fingerprint density at radius 2 is 2.05 bits per heavy atom. The van der Waals surface area contributed by atoms with Gasteiger partial charge in [0.05, 0.1) is 23.0 Å². The van der Waals surface area contributed by atoms with Crippen molar-refractivity contribution < 1.29 is 4.74 Å². The number of aromatic nitrogens is 1.